The molecule has 6 nitrogen and oxygen atoms in total. The molecule has 0 fully saturated rings. The van der Waals surface area contributed by atoms with Gasteiger partial charge in [-0.1, -0.05) is 30.3 Å². The Bertz CT molecular complexity index is 844. The largest absolute Gasteiger partial charge is 0.484 e. The monoisotopic (exact) mass is 323 g/mol. The Morgan fingerprint density at radius 1 is 1.08 bits per heavy atom. The lowest BCUT2D eigenvalue weighted by atomic mass is 10.0. The zero-order valence-electron chi connectivity index (χ0n) is 13.4. The van der Waals surface area contributed by atoms with Crippen molar-refractivity contribution in [1.82, 2.24) is 10.3 Å². The summed E-state index contributed by atoms with van der Waals surface area (Å²) in [6.07, 6.45) is 0. The van der Waals surface area contributed by atoms with Gasteiger partial charge in [0.05, 0.1) is 0 Å². The van der Waals surface area contributed by atoms with E-state index in [2.05, 4.69) is 15.6 Å². The third-order valence-electron chi connectivity index (χ3n) is 3.64. The van der Waals surface area contributed by atoms with Gasteiger partial charge in [-0.05, 0) is 53.5 Å². The predicted octanol–water partition coefficient (Wildman–Crippen LogP) is 3.37. The number of benzene rings is 2. The number of carbonyl (C=O) groups excluding carboxylic acids is 1. The summed E-state index contributed by atoms with van der Waals surface area (Å²) in [7, 11) is 0. The molecule has 0 aliphatic rings. The molecule has 0 radical (unpaired) electrons. The molecule has 0 bridgehead atoms. The summed E-state index contributed by atoms with van der Waals surface area (Å²) in [6.45, 7) is 3.92. The smallest absolute Gasteiger partial charge is 0.263 e. The van der Waals surface area contributed by atoms with Crippen LogP contribution in [-0.2, 0) is 4.79 Å². The molecular weight excluding hydrogens is 306 g/mol. The molecule has 0 saturated heterocycles. The molecule has 1 aromatic heterocycles. The number of aryl methyl sites for hydroxylation is 2. The van der Waals surface area contributed by atoms with Crippen molar-refractivity contribution in [1.29, 1.82) is 0 Å². The predicted molar refractivity (Wildman–Crippen MR) is 89.8 cm³/mol. The molecule has 2 aromatic carbocycles. The van der Waals surface area contributed by atoms with E-state index in [-0.39, 0.29) is 18.3 Å². The Kier molecular flexibility index (Phi) is 4.56. The van der Waals surface area contributed by atoms with Crippen LogP contribution in [0.3, 0.4) is 0 Å². The number of para-hydroxylation sites is 1. The fourth-order valence-electron chi connectivity index (χ4n) is 2.18. The number of anilines is 1. The number of ether oxygens (including phenoxy) is 1. The summed E-state index contributed by atoms with van der Waals surface area (Å²) in [5.74, 6) is 0.569. The van der Waals surface area contributed by atoms with E-state index in [0.29, 0.717) is 11.4 Å². The molecule has 0 spiro atoms. The quantitative estimate of drug-likeness (QED) is 0.779. The third kappa shape index (κ3) is 3.60. The van der Waals surface area contributed by atoms with Gasteiger partial charge in [-0.25, -0.2) is 4.63 Å². The molecule has 0 aliphatic heterocycles. The number of amides is 1. The van der Waals surface area contributed by atoms with Crippen molar-refractivity contribution in [2.24, 2.45) is 0 Å². The lowest BCUT2D eigenvalue weighted by molar-refractivity contribution is -0.118. The van der Waals surface area contributed by atoms with Gasteiger partial charge in [-0.3, -0.25) is 4.79 Å². The topological polar surface area (TPSA) is 77.3 Å². The fraction of sp³-hybridized carbons (Fsp3) is 0.167. The van der Waals surface area contributed by atoms with Gasteiger partial charge in [0.2, 0.25) is 5.82 Å². The molecule has 0 atom stereocenters. The van der Waals surface area contributed by atoms with Crippen molar-refractivity contribution < 1.29 is 14.2 Å². The molecule has 1 N–H and O–H groups in total. The van der Waals surface area contributed by atoms with Crippen LogP contribution >= 0.6 is 0 Å². The zero-order chi connectivity index (χ0) is 16.9. The van der Waals surface area contributed by atoms with Crippen LogP contribution in [-0.4, -0.2) is 22.8 Å². The minimum absolute atomic E-state index is 0.122. The molecule has 122 valence electrons. The van der Waals surface area contributed by atoms with E-state index in [1.165, 1.54) is 5.56 Å². The summed E-state index contributed by atoms with van der Waals surface area (Å²) in [4.78, 5) is 12.0. The Hall–Kier alpha value is -3.15. The average Bonchev–Trinajstić information content (AvgIpc) is 3.04. The first-order chi connectivity index (χ1) is 11.6. The maximum atomic E-state index is 12.0. The highest BCUT2D eigenvalue weighted by atomic mass is 16.6. The van der Waals surface area contributed by atoms with E-state index in [1.807, 2.05) is 50.2 Å². The summed E-state index contributed by atoms with van der Waals surface area (Å²) in [6, 6.07) is 15.0. The Labute approximate surface area is 139 Å². The van der Waals surface area contributed by atoms with Crippen LogP contribution in [0.25, 0.3) is 11.3 Å². The zero-order valence-corrected chi connectivity index (χ0v) is 13.4. The van der Waals surface area contributed by atoms with Crippen molar-refractivity contribution in [2.75, 3.05) is 11.9 Å². The van der Waals surface area contributed by atoms with E-state index < -0.39 is 0 Å². The van der Waals surface area contributed by atoms with Crippen LogP contribution in [0.1, 0.15) is 11.1 Å². The molecule has 0 saturated carbocycles. The summed E-state index contributed by atoms with van der Waals surface area (Å²) in [5.41, 5.74) is 3.63. The molecule has 1 amide bonds. The van der Waals surface area contributed by atoms with Gasteiger partial charge in [-0.15, -0.1) is 0 Å². The first kappa shape index (κ1) is 15.7. The highest BCUT2D eigenvalue weighted by Crippen LogP contribution is 2.26. The number of nitrogens with one attached hydrogen (secondary N) is 1. The second kappa shape index (κ2) is 6.95. The number of hydrogen-bond acceptors (Lipinski definition) is 5. The van der Waals surface area contributed by atoms with Gasteiger partial charge in [0, 0.05) is 5.56 Å². The summed E-state index contributed by atoms with van der Waals surface area (Å²) < 4.78 is 10.2. The minimum atomic E-state index is -0.334. The van der Waals surface area contributed by atoms with Gasteiger partial charge in [-0.2, -0.15) is 0 Å². The van der Waals surface area contributed by atoms with E-state index in [9.17, 15) is 4.79 Å². The molecule has 6 heteroatoms. The van der Waals surface area contributed by atoms with Gasteiger partial charge >= 0.3 is 0 Å². The van der Waals surface area contributed by atoms with Gasteiger partial charge < -0.3 is 10.1 Å². The lowest BCUT2D eigenvalue weighted by Gasteiger charge is -2.07. The maximum absolute atomic E-state index is 12.0. The molecule has 0 aliphatic carbocycles. The average molecular weight is 323 g/mol. The van der Waals surface area contributed by atoms with E-state index in [1.54, 1.807) is 12.1 Å². The summed E-state index contributed by atoms with van der Waals surface area (Å²) >= 11 is 0. The normalized spacial score (nSPS) is 10.4. The van der Waals surface area contributed by atoms with Crippen LogP contribution in [0.4, 0.5) is 5.82 Å². The molecule has 0 unspecified atom stereocenters. The molecule has 3 rings (SSSR count). The molecule has 1 heterocycles. The number of nitrogens with zero attached hydrogens (tertiary/aromatic N) is 2. The first-order valence-corrected chi connectivity index (χ1v) is 7.51. The number of hydrogen-bond donors (Lipinski definition) is 1. The second-order valence-electron chi connectivity index (χ2n) is 5.41. The third-order valence-corrected chi connectivity index (χ3v) is 3.64. The first-order valence-electron chi connectivity index (χ1n) is 7.51. The SMILES string of the molecule is Cc1ccc(-c2nonc2NC(=O)COc2ccccc2)cc1C. The fourth-order valence-corrected chi connectivity index (χ4v) is 2.18. The van der Waals surface area contributed by atoms with Crippen LogP contribution in [0.2, 0.25) is 0 Å². The number of carbonyl (C=O) groups is 1. The minimum Gasteiger partial charge on any atom is -0.484 e. The van der Waals surface area contributed by atoms with E-state index >= 15 is 0 Å². The van der Waals surface area contributed by atoms with E-state index in [4.69, 9.17) is 9.37 Å². The van der Waals surface area contributed by atoms with Crippen LogP contribution < -0.4 is 10.1 Å². The highest BCUT2D eigenvalue weighted by molar-refractivity contribution is 5.94. The highest BCUT2D eigenvalue weighted by Gasteiger charge is 2.16. The van der Waals surface area contributed by atoms with Crippen LogP contribution in [0, 0.1) is 13.8 Å². The Balaban J connectivity index is 1.69. The summed E-state index contributed by atoms with van der Waals surface area (Å²) in [5, 5.41) is 10.3. The Morgan fingerprint density at radius 2 is 1.88 bits per heavy atom. The standard InChI is InChI=1S/C18H17N3O3/c1-12-8-9-14(10-13(12)2)17-18(21-24-20-17)19-16(22)11-23-15-6-4-3-5-7-15/h3-10H,11H2,1-2H3,(H,19,21,22). The number of rotatable bonds is 5. The van der Waals surface area contributed by atoms with Crippen LogP contribution in [0.15, 0.2) is 53.2 Å². The molecule has 3 aromatic rings. The molecule has 24 heavy (non-hydrogen) atoms. The van der Waals surface area contributed by atoms with E-state index in [0.717, 1.165) is 11.1 Å². The van der Waals surface area contributed by atoms with Crippen molar-refractivity contribution >= 4 is 11.7 Å². The van der Waals surface area contributed by atoms with Crippen LogP contribution in [0.5, 0.6) is 5.75 Å². The number of aromatic nitrogens is 2. The lowest BCUT2D eigenvalue weighted by Crippen LogP contribution is -2.20. The van der Waals surface area contributed by atoms with Crippen molar-refractivity contribution in [3.05, 3.63) is 59.7 Å². The Morgan fingerprint density at radius 3 is 2.62 bits per heavy atom. The molecular formula is C18H17N3O3. The van der Waals surface area contributed by atoms with Crippen molar-refractivity contribution in [2.45, 2.75) is 13.8 Å². The van der Waals surface area contributed by atoms with Gasteiger partial charge in [0.1, 0.15) is 5.75 Å². The van der Waals surface area contributed by atoms with Crippen molar-refractivity contribution in [3.8, 4) is 17.0 Å². The van der Waals surface area contributed by atoms with Gasteiger partial charge in [0.15, 0.2) is 12.3 Å². The van der Waals surface area contributed by atoms with Gasteiger partial charge in [0.25, 0.3) is 5.91 Å². The second-order valence-corrected chi connectivity index (χ2v) is 5.41. The van der Waals surface area contributed by atoms with Crippen molar-refractivity contribution in [3.63, 3.8) is 0 Å². The maximum Gasteiger partial charge on any atom is 0.263 e.